The molecule has 0 atom stereocenters. The van der Waals surface area contributed by atoms with Gasteiger partial charge in [-0.1, -0.05) is 32.6 Å². The van der Waals surface area contributed by atoms with Gasteiger partial charge in [-0.25, -0.2) is 9.78 Å². The third-order valence-electron chi connectivity index (χ3n) is 2.81. The molecule has 0 radical (unpaired) electrons. The van der Waals surface area contributed by atoms with Crippen LogP contribution < -0.4 is 10.5 Å². The summed E-state index contributed by atoms with van der Waals surface area (Å²) in [5, 5.41) is 0. The number of pyridine rings is 1. The van der Waals surface area contributed by atoms with Crippen molar-refractivity contribution in [1.29, 1.82) is 0 Å². The molecular formula is C14H22N2O3. The molecule has 1 aromatic rings. The Morgan fingerprint density at radius 2 is 2.05 bits per heavy atom. The molecule has 0 aliphatic carbocycles. The highest BCUT2D eigenvalue weighted by Gasteiger charge is 2.12. The summed E-state index contributed by atoms with van der Waals surface area (Å²) in [6.07, 6.45) is 7.25. The molecule has 0 aliphatic heterocycles. The number of carbonyl (C=O) groups is 1. The van der Waals surface area contributed by atoms with Gasteiger partial charge in [0, 0.05) is 6.07 Å². The minimum atomic E-state index is -0.479. The molecule has 0 fully saturated rings. The van der Waals surface area contributed by atoms with Gasteiger partial charge >= 0.3 is 5.97 Å². The molecule has 19 heavy (non-hydrogen) atoms. The van der Waals surface area contributed by atoms with Gasteiger partial charge in [-0.3, -0.25) is 0 Å². The van der Waals surface area contributed by atoms with Gasteiger partial charge < -0.3 is 15.2 Å². The molecule has 5 nitrogen and oxygen atoms in total. The van der Waals surface area contributed by atoms with Crippen LogP contribution in [0.15, 0.2) is 12.3 Å². The molecule has 0 saturated carbocycles. The first kappa shape index (κ1) is 15.3. The number of nitrogens with zero attached hydrogens (tertiary/aromatic N) is 1. The number of anilines is 1. The lowest BCUT2D eigenvalue weighted by atomic mass is 10.2. The number of aromatic nitrogens is 1. The number of esters is 1. The predicted molar refractivity (Wildman–Crippen MR) is 74.2 cm³/mol. The summed E-state index contributed by atoms with van der Waals surface area (Å²) in [5.74, 6) is -0.0715. The van der Waals surface area contributed by atoms with E-state index in [2.05, 4.69) is 16.6 Å². The molecule has 106 valence electrons. The van der Waals surface area contributed by atoms with Gasteiger partial charge in [-0.2, -0.15) is 0 Å². The first-order valence-electron chi connectivity index (χ1n) is 6.65. The molecule has 2 N–H and O–H groups in total. The van der Waals surface area contributed by atoms with E-state index in [1.54, 1.807) is 0 Å². The monoisotopic (exact) mass is 266 g/mol. The molecule has 1 rings (SSSR count). The Balaban J connectivity index is 2.44. The summed E-state index contributed by atoms with van der Waals surface area (Å²) in [7, 11) is 1.32. The van der Waals surface area contributed by atoms with E-state index in [1.165, 1.54) is 38.6 Å². The number of methoxy groups -OCH3 is 1. The van der Waals surface area contributed by atoms with E-state index in [1.807, 2.05) is 0 Å². The van der Waals surface area contributed by atoms with Gasteiger partial charge in [0.2, 0.25) is 5.88 Å². The highest BCUT2D eigenvalue weighted by molar-refractivity contribution is 5.95. The van der Waals surface area contributed by atoms with Gasteiger partial charge in [0.25, 0.3) is 0 Å². The van der Waals surface area contributed by atoms with Crippen molar-refractivity contribution in [3.63, 3.8) is 0 Å². The zero-order chi connectivity index (χ0) is 14.1. The third kappa shape index (κ3) is 5.16. The zero-order valence-electron chi connectivity index (χ0n) is 11.6. The lowest BCUT2D eigenvalue weighted by Gasteiger charge is -2.08. The van der Waals surface area contributed by atoms with Crippen LogP contribution in [0.5, 0.6) is 5.88 Å². The zero-order valence-corrected chi connectivity index (χ0v) is 11.6. The van der Waals surface area contributed by atoms with Gasteiger partial charge in [-0.05, 0) is 6.42 Å². The molecule has 5 heteroatoms. The number of unbranched alkanes of at least 4 members (excludes halogenated alkanes) is 4. The molecule has 0 aromatic carbocycles. The van der Waals surface area contributed by atoms with E-state index >= 15 is 0 Å². The fraction of sp³-hybridized carbons (Fsp3) is 0.571. The molecule has 0 saturated heterocycles. The molecule has 1 aromatic heterocycles. The molecule has 0 amide bonds. The molecule has 0 aliphatic rings. The molecule has 0 spiro atoms. The number of carbonyl (C=O) groups excluding carboxylic acids is 1. The van der Waals surface area contributed by atoms with Crippen LogP contribution in [0.25, 0.3) is 0 Å². The molecular weight excluding hydrogens is 244 g/mol. The Morgan fingerprint density at radius 3 is 2.74 bits per heavy atom. The predicted octanol–water partition coefficient (Wildman–Crippen LogP) is 2.80. The smallest absolute Gasteiger partial charge is 0.340 e. The largest absolute Gasteiger partial charge is 0.478 e. The Bertz CT molecular complexity index is 408. The van der Waals surface area contributed by atoms with Crippen LogP contribution in [0, 0.1) is 0 Å². The van der Waals surface area contributed by atoms with E-state index in [9.17, 15) is 4.79 Å². The Hall–Kier alpha value is -1.78. The number of nitrogens with two attached hydrogens (primary N) is 1. The van der Waals surface area contributed by atoms with E-state index in [-0.39, 0.29) is 0 Å². The summed E-state index contributed by atoms with van der Waals surface area (Å²) in [6, 6.07) is 1.52. The maximum absolute atomic E-state index is 11.4. The second kappa shape index (κ2) is 8.34. The van der Waals surface area contributed by atoms with Crippen molar-refractivity contribution in [3.8, 4) is 5.88 Å². The van der Waals surface area contributed by atoms with E-state index in [0.717, 1.165) is 12.8 Å². The second-order valence-electron chi connectivity index (χ2n) is 4.36. The minimum Gasteiger partial charge on any atom is -0.478 e. The third-order valence-corrected chi connectivity index (χ3v) is 2.81. The topological polar surface area (TPSA) is 74.4 Å². The van der Waals surface area contributed by atoms with Crippen LogP contribution in [0.4, 0.5) is 5.69 Å². The maximum Gasteiger partial charge on any atom is 0.340 e. The molecule has 0 bridgehead atoms. The van der Waals surface area contributed by atoms with Crippen molar-refractivity contribution in [1.82, 2.24) is 4.98 Å². The summed E-state index contributed by atoms with van der Waals surface area (Å²) < 4.78 is 10.1. The highest BCUT2D eigenvalue weighted by atomic mass is 16.5. The van der Waals surface area contributed by atoms with Crippen LogP contribution in [0.1, 0.15) is 49.4 Å². The van der Waals surface area contributed by atoms with Crippen LogP contribution >= 0.6 is 0 Å². The van der Waals surface area contributed by atoms with Gasteiger partial charge in [0.1, 0.15) is 0 Å². The number of rotatable bonds is 8. The Kier molecular flexibility index (Phi) is 6.71. The lowest BCUT2D eigenvalue weighted by Crippen LogP contribution is -2.08. The fourth-order valence-corrected chi connectivity index (χ4v) is 1.69. The lowest BCUT2D eigenvalue weighted by molar-refractivity contribution is 0.0601. The standard InChI is InChI=1S/C14H22N2O3/c1-3-4-5-6-7-8-19-13-9-11(14(17)18-2)12(15)10-16-13/h9-10H,3-8,15H2,1-2H3. The fourth-order valence-electron chi connectivity index (χ4n) is 1.69. The van der Waals surface area contributed by atoms with Gasteiger partial charge in [0.15, 0.2) is 0 Å². The quantitative estimate of drug-likeness (QED) is 0.578. The van der Waals surface area contributed by atoms with Crippen molar-refractivity contribution in [2.24, 2.45) is 0 Å². The Morgan fingerprint density at radius 1 is 1.32 bits per heavy atom. The number of hydrogen-bond acceptors (Lipinski definition) is 5. The van der Waals surface area contributed by atoms with E-state index in [4.69, 9.17) is 10.5 Å². The van der Waals surface area contributed by atoms with Crippen molar-refractivity contribution in [3.05, 3.63) is 17.8 Å². The second-order valence-corrected chi connectivity index (χ2v) is 4.36. The van der Waals surface area contributed by atoms with E-state index < -0.39 is 5.97 Å². The van der Waals surface area contributed by atoms with Gasteiger partial charge in [-0.15, -0.1) is 0 Å². The first-order valence-corrected chi connectivity index (χ1v) is 6.65. The molecule has 1 heterocycles. The van der Waals surface area contributed by atoms with Crippen molar-refractivity contribution in [2.75, 3.05) is 19.5 Å². The molecule has 0 unspecified atom stereocenters. The average molecular weight is 266 g/mol. The summed E-state index contributed by atoms with van der Waals surface area (Å²) in [5.41, 5.74) is 6.24. The normalized spacial score (nSPS) is 10.2. The van der Waals surface area contributed by atoms with Crippen LogP contribution in [-0.2, 0) is 4.74 Å². The van der Waals surface area contributed by atoms with E-state index in [0.29, 0.717) is 23.7 Å². The van der Waals surface area contributed by atoms with Crippen LogP contribution in [0.3, 0.4) is 0 Å². The summed E-state index contributed by atoms with van der Waals surface area (Å²) in [4.78, 5) is 15.5. The number of nitrogen functional groups attached to an aromatic ring is 1. The van der Waals surface area contributed by atoms with Crippen LogP contribution in [0.2, 0.25) is 0 Å². The number of hydrogen-bond donors (Lipinski definition) is 1. The minimum absolute atomic E-state index is 0.290. The Labute approximate surface area is 114 Å². The van der Waals surface area contributed by atoms with Gasteiger partial charge in [0.05, 0.1) is 31.2 Å². The van der Waals surface area contributed by atoms with Crippen molar-refractivity contribution < 1.29 is 14.3 Å². The summed E-state index contributed by atoms with van der Waals surface area (Å²) in [6.45, 7) is 2.78. The van der Waals surface area contributed by atoms with Crippen molar-refractivity contribution in [2.45, 2.75) is 39.0 Å². The average Bonchev–Trinajstić information content (AvgIpc) is 2.43. The van der Waals surface area contributed by atoms with Crippen LogP contribution in [-0.4, -0.2) is 24.7 Å². The number of ether oxygens (including phenoxy) is 2. The highest BCUT2D eigenvalue weighted by Crippen LogP contribution is 2.17. The summed E-state index contributed by atoms with van der Waals surface area (Å²) >= 11 is 0. The van der Waals surface area contributed by atoms with Crippen molar-refractivity contribution >= 4 is 11.7 Å². The SMILES string of the molecule is CCCCCCCOc1cc(C(=O)OC)c(N)cn1. The first-order chi connectivity index (χ1) is 9.19. The maximum atomic E-state index is 11.4.